The van der Waals surface area contributed by atoms with E-state index in [2.05, 4.69) is 4.98 Å². The fourth-order valence-corrected chi connectivity index (χ4v) is 1.81. The Balaban J connectivity index is 2.67. The Bertz CT molecular complexity index is 751. The van der Waals surface area contributed by atoms with E-state index in [4.69, 9.17) is 5.26 Å². The molecule has 1 aromatic carbocycles. The van der Waals surface area contributed by atoms with Crippen molar-refractivity contribution in [3.05, 3.63) is 57.9 Å². The Hall–Kier alpha value is -2.95. The van der Waals surface area contributed by atoms with E-state index in [-0.39, 0.29) is 11.1 Å². The summed E-state index contributed by atoms with van der Waals surface area (Å²) >= 11 is 0. The second-order valence-corrected chi connectivity index (χ2v) is 4.00. The van der Waals surface area contributed by atoms with Crippen LogP contribution in [-0.2, 0) is 6.18 Å². The zero-order valence-corrected chi connectivity index (χ0v) is 10.3. The summed E-state index contributed by atoms with van der Waals surface area (Å²) in [5.41, 5.74) is -2.32. The molecule has 2 aromatic rings. The quantitative estimate of drug-likeness (QED) is 0.626. The highest BCUT2D eigenvalue weighted by molar-refractivity contribution is 5.70. The minimum atomic E-state index is -4.60. The highest BCUT2D eigenvalue weighted by atomic mass is 19.4. The molecular formula is C13H6F3N3O2. The fraction of sp³-hybridized carbons (Fsp3) is 0.0769. The lowest BCUT2D eigenvalue weighted by Gasteiger charge is -2.12. The molecule has 0 bridgehead atoms. The number of pyridine rings is 1. The monoisotopic (exact) mass is 293 g/mol. The van der Waals surface area contributed by atoms with E-state index in [1.54, 1.807) is 0 Å². The van der Waals surface area contributed by atoms with Crippen LogP contribution in [0.3, 0.4) is 0 Å². The van der Waals surface area contributed by atoms with Crippen molar-refractivity contribution in [3.8, 4) is 17.2 Å². The van der Waals surface area contributed by atoms with Gasteiger partial charge in [-0.1, -0.05) is 18.2 Å². The van der Waals surface area contributed by atoms with Crippen molar-refractivity contribution in [1.82, 2.24) is 4.98 Å². The van der Waals surface area contributed by atoms with Crippen LogP contribution in [0.1, 0.15) is 11.3 Å². The molecule has 0 atom stereocenters. The Morgan fingerprint density at radius 2 is 1.95 bits per heavy atom. The molecule has 0 aliphatic heterocycles. The predicted molar refractivity (Wildman–Crippen MR) is 66.0 cm³/mol. The van der Waals surface area contributed by atoms with Gasteiger partial charge in [-0.15, -0.1) is 0 Å². The number of halogens is 3. The third-order valence-corrected chi connectivity index (χ3v) is 2.71. The van der Waals surface area contributed by atoms with Crippen molar-refractivity contribution in [2.75, 3.05) is 0 Å². The summed E-state index contributed by atoms with van der Waals surface area (Å²) in [5, 5.41) is 19.6. The molecular weight excluding hydrogens is 287 g/mol. The maximum atomic E-state index is 12.9. The van der Waals surface area contributed by atoms with Crippen molar-refractivity contribution >= 4 is 5.69 Å². The minimum Gasteiger partial charge on any atom is -0.258 e. The van der Waals surface area contributed by atoms with Gasteiger partial charge in [0.1, 0.15) is 6.07 Å². The molecule has 106 valence electrons. The van der Waals surface area contributed by atoms with Crippen molar-refractivity contribution in [2.45, 2.75) is 6.18 Å². The molecule has 0 unspecified atom stereocenters. The smallest absolute Gasteiger partial charge is 0.258 e. The second-order valence-electron chi connectivity index (χ2n) is 4.00. The van der Waals surface area contributed by atoms with Crippen molar-refractivity contribution in [2.24, 2.45) is 0 Å². The van der Waals surface area contributed by atoms with Gasteiger partial charge in [-0.2, -0.15) is 18.4 Å². The van der Waals surface area contributed by atoms with Gasteiger partial charge in [0, 0.05) is 17.8 Å². The Morgan fingerprint density at radius 1 is 1.29 bits per heavy atom. The first-order valence-corrected chi connectivity index (χ1v) is 5.55. The summed E-state index contributed by atoms with van der Waals surface area (Å²) in [5.74, 6) is 0. The van der Waals surface area contributed by atoms with Gasteiger partial charge in [-0.05, 0) is 11.6 Å². The lowest BCUT2D eigenvalue weighted by molar-refractivity contribution is -0.385. The van der Waals surface area contributed by atoms with E-state index < -0.39 is 28.0 Å². The number of nitrogens with zero attached hydrogens (tertiary/aromatic N) is 3. The predicted octanol–water partition coefficient (Wildman–Crippen LogP) is 3.55. The molecule has 0 aliphatic rings. The molecule has 0 amide bonds. The van der Waals surface area contributed by atoms with Crippen LogP contribution in [0.2, 0.25) is 0 Å². The average Bonchev–Trinajstić information content (AvgIpc) is 2.45. The molecule has 0 aliphatic carbocycles. The highest BCUT2D eigenvalue weighted by Crippen LogP contribution is 2.37. The molecule has 0 saturated heterocycles. The van der Waals surface area contributed by atoms with Crippen LogP contribution in [0, 0.1) is 21.4 Å². The number of nitro groups is 1. The summed E-state index contributed by atoms with van der Waals surface area (Å²) < 4.78 is 38.8. The average molecular weight is 293 g/mol. The molecule has 5 nitrogen and oxygen atoms in total. The van der Waals surface area contributed by atoms with E-state index in [9.17, 15) is 23.3 Å². The van der Waals surface area contributed by atoms with Gasteiger partial charge in [-0.3, -0.25) is 10.1 Å². The number of rotatable bonds is 2. The zero-order chi connectivity index (χ0) is 15.6. The number of hydrogen-bond donors (Lipinski definition) is 0. The van der Waals surface area contributed by atoms with Crippen LogP contribution in [0.5, 0.6) is 0 Å². The zero-order valence-electron chi connectivity index (χ0n) is 10.3. The van der Waals surface area contributed by atoms with Gasteiger partial charge < -0.3 is 0 Å². The first-order chi connectivity index (χ1) is 9.84. The molecule has 0 radical (unpaired) electrons. The van der Waals surface area contributed by atoms with Gasteiger partial charge in [-0.25, -0.2) is 4.98 Å². The van der Waals surface area contributed by atoms with Crippen LogP contribution in [0.25, 0.3) is 11.1 Å². The summed E-state index contributed by atoms with van der Waals surface area (Å²) in [7, 11) is 0. The molecule has 2 rings (SSSR count). The highest BCUT2D eigenvalue weighted by Gasteiger charge is 2.33. The standard InChI is InChI=1S/C13H6F3N3O2/c14-13(15,16)10-4-2-1-3-9(10)8-5-12(19(20)21)11(6-17)18-7-8/h1-5,7H. The largest absolute Gasteiger partial charge is 0.417 e. The van der Waals surface area contributed by atoms with Gasteiger partial charge in [0.05, 0.1) is 10.5 Å². The summed E-state index contributed by atoms with van der Waals surface area (Å²) in [4.78, 5) is 13.5. The van der Waals surface area contributed by atoms with E-state index in [1.165, 1.54) is 24.3 Å². The van der Waals surface area contributed by atoms with Crippen molar-refractivity contribution in [1.29, 1.82) is 5.26 Å². The third kappa shape index (κ3) is 2.81. The molecule has 0 N–H and O–H groups in total. The summed E-state index contributed by atoms with van der Waals surface area (Å²) in [6.07, 6.45) is -3.59. The molecule has 21 heavy (non-hydrogen) atoms. The van der Waals surface area contributed by atoms with E-state index in [1.807, 2.05) is 0 Å². The van der Waals surface area contributed by atoms with E-state index in [0.29, 0.717) is 0 Å². The lowest BCUT2D eigenvalue weighted by Crippen LogP contribution is -2.07. The lowest BCUT2D eigenvalue weighted by atomic mass is 10.00. The number of nitriles is 1. The Morgan fingerprint density at radius 3 is 2.52 bits per heavy atom. The number of aromatic nitrogens is 1. The third-order valence-electron chi connectivity index (χ3n) is 2.71. The number of hydrogen-bond acceptors (Lipinski definition) is 4. The molecule has 1 heterocycles. The fourth-order valence-electron chi connectivity index (χ4n) is 1.81. The van der Waals surface area contributed by atoms with Gasteiger partial charge >= 0.3 is 11.9 Å². The first-order valence-electron chi connectivity index (χ1n) is 5.55. The first kappa shape index (κ1) is 14.5. The molecule has 8 heteroatoms. The van der Waals surface area contributed by atoms with Crippen LogP contribution >= 0.6 is 0 Å². The van der Waals surface area contributed by atoms with Gasteiger partial charge in [0.15, 0.2) is 0 Å². The Labute approximate surface area is 116 Å². The van der Waals surface area contributed by atoms with E-state index >= 15 is 0 Å². The summed E-state index contributed by atoms with van der Waals surface area (Å²) in [6, 6.07) is 7.11. The SMILES string of the molecule is N#Cc1ncc(-c2ccccc2C(F)(F)F)cc1[N+](=O)[O-]. The topological polar surface area (TPSA) is 79.8 Å². The van der Waals surface area contributed by atoms with Crippen LogP contribution < -0.4 is 0 Å². The number of alkyl halides is 3. The normalized spacial score (nSPS) is 11.0. The number of benzene rings is 1. The van der Waals surface area contributed by atoms with Crippen LogP contribution in [-0.4, -0.2) is 9.91 Å². The molecule has 1 aromatic heterocycles. The second kappa shape index (κ2) is 5.20. The summed E-state index contributed by atoms with van der Waals surface area (Å²) in [6.45, 7) is 0. The van der Waals surface area contributed by atoms with Crippen LogP contribution in [0.15, 0.2) is 36.5 Å². The minimum absolute atomic E-state index is 0.0753. The van der Waals surface area contributed by atoms with Crippen LogP contribution in [0.4, 0.5) is 18.9 Å². The van der Waals surface area contributed by atoms with Gasteiger partial charge in [0.2, 0.25) is 5.69 Å². The maximum Gasteiger partial charge on any atom is 0.417 e. The maximum absolute atomic E-state index is 12.9. The Kier molecular flexibility index (Phi) is 3.58. The molecule has 0 saturated carbocycles. The van der Waals surface area contributed by atoms with Crippen molar-refractivity contribution < 1.29 is 18.1 Å². The van der Waals surface area contributed by atoms with Gasteiger partial charge in [0.25, 0.3) is 0 Å². The van der Waals surface area contributed by atoms with E-state index in [0.717, 1.165) is 18.3 Å². The molecule has 0 fully saturated rings. The molecule has 0 spiro atoms. The van der Waals surface area contributed by atoms with Crippen molar-refractivity contribution in [3.63, 3.8) is 0 Å².